The minimum absolute atomic E-state index is 0.0908. The first-order valence-electron chi connectivity index (χ1n) is 5.32. The number of hydrogen-bond acceptors (Lipinski definition) is 1. The number of benzene rings is 1. The van der Waals surface area contributed by atoms with Crippen molar-refractivity contribution in [2.45, 2.75) is 26.7 Å². The molecule has 0 aliphatic carbocycles. The third-order valence-corrected chi connectivity index (χ3v) is 3.70. The molecule has 2 aromatic rings. The molecule has 0 aliphatic rings. The maximum absolute atomic E-state index is 11.9. The Balaban J connectivity index is 2.89. The monoisotopic (exact) mass is 279 g/mol. The van der Waals surface area contributed by atoms with Crippen molar-refractivity contribution in [3.8, 4) is 0 Å². The van der Waals surface area contributed by atoms with Crippen LogP contribution in [0.3, 0.4) is 0 Å². The van der Waals surface area contributed by atoms with E-state index in [0.717, 1.165) is 26.6 Å². The molecular weight excluding hydrogens is 266 g/mol. The second kappa shape index (κ2) is 4.06. The molecule has 3 heteroatoms. The molecule has 0 atom stereocenters. The highest BCUT2D eigenvalue weighted by atomic mass is 79.9. The quantitative estimate of drug-likeness (QED) is 0.848. The van der Waals surface area contributed by atoms with Crippen LogP contribution in [-0.2, 0) is 0 Å². The number of hydrogen-bond donors (Lipinski definition) is 1. The fourth-order valence-electron chi connectivity index (χ4n) is 1.76. The highest BCUT2D eigenvalue weighted by Gasteiger charge is 2.08. The van der Waals surface area contributed by atoms with Crippen LogP contribution in [0.25, 0.3) is 10.9 Å². The first-order valence-corrected chi connectivity index (χ1v) is 6.12. The summed E-state index contributed by atoms with van der Waals surface area (Å²) in [6, 6.07) is 5.47. The van der Waals surface area contributed by atoms with E-state index in [4.69, 9.17) is 0 Å². The third kappa shape index (κ3) is 1.80. The molecule has 0 amide bonds. The Kier molecular flexibility index (Phi) is 2.89. The minimum Gasteiger partial charge on any atom is -0.358 e. The lowest BCUT2D eigenvalue weighted by atomic mass is 10.1. The molecule has 84 valence electrons. The van der Waals surface area contributed by atoms with Crippen molar-refractivity contribution in [2.75, 3.05) is 0 Å². The van der Waals surface area contributed by atoms with Gasteiger partial charge in [-0.2, -0.15) is 0 Å². The summed E-state index contributed by atoms with van der Waals surface area (Å²) in [5.41, 5.74) is 3.09. The van der Waals surface area contributed by atoms with Gasteiger partial charge >= 0.3 is 0 Å². The van der Waals surface area contributed by atoms with Gasteiger partial charge in [-0.15, -0.1) is 0 Å². The summed E-state index contributed by atoms with van der Waals surface area (Å²) in [5, 5.41) is 0.755. The number of rotatable bonds is 1. The normalized spacial score (nSPS) is 11.3. The van der Waals surface area contributed by atoms with Crippen molar-refractivity contribution in [3.05, 3.63) is 44.2 Å². The van der Waals surface area contributed by atoms with Crippen molar-refractivity contribution >= 4 is 26.8 Å². The van der Waals surface area contributed by atoms with Gasteiger partial charge in [0, 0.05) is 21.6 Å². The topological polar surface area (TPSA) is 32.9 Å². The lowest BCUT2D eigenvalue weighted by molar-refractivity contribution is 0.828. The lowest BCUT2D eigenvalue weighted by Gasteiger charge is -2.10. The highest BCUT2D eigenvalue weighted by molar-refractivity contribution is 9.10. The fraction of sp³-hybridized carbons (Fsp3) is 0.308. The molecule has 0 saturated carbocycles. The number of halogens is 1. The van der Waals surface area contributed by atoms with E-state index < -0.39 is 0 Å². The summed E-state index contributed by atoms with van der Waals surface area (Å²) in [7, 11) is 0. The summed E-state index contributed by atoms with van der Waals surface area (Å²) in [5.74, 6) is 0.329. The van der Waals surface area contributed by atoms with Crippen LogP contribution < -0.4 is 5.43 Å². The van der Waals surface area contributed by atoms with Gasteiger partial charge in [-0.1, -0.05) is 29.8 Å². The first-order chi connectivity index (χ1) is 7.50. The van der Waals surface area contributed by atoms with Crippen LogP contribution >= 0.6 is 15.9 Å². The Morgan fingerprint density at radius 3 is 2.62 bits per heavy atom. The van der Waals surface area contributed by atoms with E-state index in [-0.39, 0.29) is 5.43 Å². The molecule has 0 radical (unpaired) electrons. The van der Waals surface area contributed by atoms with E-state index in [0.29, 0.717) is 5.92 Å². The van der Waals surface area contributed by atoms with Gasteiger partial charge in [0.2, 0.25) is 0 Å². The summed E-state index contributed by atoms with van der Waals surface area (Å²) >= 11 is 3.48. The Hall–Kier alpha value is -1.09. The van der Waals surface area contributed by atoms with Crippen LogP contribution in [0.5, 0.6) is 0 Å². The summed E-state index contributed by atoms with van der Waals surface area (Å²) in [6.07, 6.45) is 0. The number of H-pyrrole nitrogens is 1. The Morgan fingerprint density at radius 2 is 2.00 bits per heavy atom. The molecular formula is C13H14BrNO. The number of aromatic nitrogens is 1. The van der Waals surface area contributed by atoms with Crippen LogP contribution in [0.4, 0.5) is 0 Å². The van der Waals surface area contributed by atoms with Crippen molar-refractivity contribution in [2.24, 2.45) is 0 Å². The fourth-order valence-corrected chi connectivity index (χ4v) is 2.09. The molecule has 2 nitrogen and oxygen atoms in total. The van der Waals surface area contributed by atoms with E-state index in [1.807, 2.05) is 19.1 Å². The lowest BCUT2D eigenvalue weighted by Crippen LogP contribution is -2.07. The third-order valence-electron chi connectivity index (χ3n) is 2.84. The van der Waals surface area contributed by atoms with E-state index in [9.17, 15) is 4.79 Å². The largest absolute Gasteiger partial charge is 0.358 e. The average Bonchev–Trinajstić information content (AvgIpc) is 2.23. The second-order valence-corrected chi connectivity index (χ2v) is 5.19. The van der Waals surface area contributed by atoms with E-state index in [1.54, 1.807) is 6.07 Å². The van der Waals surface area contributed by atoms with Crippen LogP contribution in [0.15, 0.2) is 27.5 Å². The SMILES string of the molecule is Cc1c(Br)ccc2c(=O)cc(C(C)C)[nH]c12. The standard InChI is InChI=1S/C13H14BrNO/c1-7(2)11-6-12(16)9-4-5-10(14)8(3)13(9)15-11/h4-7H,1-3H3,(H,15,16). The molecule has 2 rings (SSSR count). The highest BCUT2D eigenvalue weighted by Crippen LogP contribution is 2.23. The van der Waals surface area contributed by atoms with Crippen LogP contribution in [-0.4, -0.2) is 4.98 Å². The Labute approximate surface area is 103 Å². The van der Waals surface area contributed by atoms with Gasteiger partial charge in [0.25, 0.3) is 0 Å². The summed E-state index contributed by atoms with van der Waals surface area (Å²) in [4.78, 5) is 15.3. The zero-order valence-electron chi connectivity index (χ0n) is 9.60. The minimum atomic E-state index is 0.0908. The predicted octanol–water partition coefficient (Wildman–Crippen LogP) is 3.72. The first kappa shape index (κ1) is 11.4. The van der Waals surface area contributed by atoms with Gasteiger partial charge in [0.1, 0.15) is 0 Å². The van der Waals surface area contributed by atoms with Crippen molar-refractivity contribution in [3.63, 3.8) is 0 Å². The van der Waals surface area contributed by atoms with E-state index in [2.05, 4.69) is 34.8 Å². The number of pyridine rings is 1. The van der Waals surface area contributed by atoms with Crippen LogP contribution in [0.1, 0.15) is 31.0 Å². The van der Waals surface area contributed by atoms with Gasteiger partial charge in [-0.3, -0.25) is 4.79 Å². The molecule has 16 heavy (non-hydrogen) atoms. The molecule has 0 spiro atoms. The number of fused-ring (bicyclic) bond motifs is 1. The molecule has 0 fully saturated rings. The van der Waals surface area contributed by atoms with Crippen molar-refractivity contribution in [1.29, 1.82) is 0 Å². The molecule has 1 N–H and O–H groups in total. The van der Waals surface area contributed by atoms with Gasteiger partial charge in [-0.25, -0.2) is 0 Å². The number of aryl methyl sites for hydroxylation is 1. The maximum Gasteiger partial charge on any atom is 0.189 e. The smallest absolute Gasteiger partial charge is 0.189 e. The molecule has 0 bridgehead atoms. The molecule has 1 heterocycles. The van der Waals surface area contributed by atoms with Gasteiger partial charge in [0.15, 0.2) is 5.43 Å². The number of nitrogens with one attached hydrogen (secondary N) is 1. The Bertz CT molecular complexity index is 599. The second-order valence-electron chi connectivity index (χ2n) is 4.34. The summed E-state index contributed by atoms with van der Waals surface area (Å²) < 4.78 is 1.02. The van der Waals surface area contributed by atoms with Gasteiger partial charge < -0.3 is 4.98 Å². The molecule has 0 saturated heterocycles. The summed E-state index contributed by atoms with van der Waals surface area (Å²) in [6.45, 7) is 6.15. The van der Waals surface area contributed by atoms with E-state index in [1.165, 1.54) is 0 Å². The molecule has 0 aliphatic heterocycles. The zero-order valence-corrected chi connectivity index (χ0v) is 11.2. The maximum atomic E-state index is 11.9. The van der Waals surface area contributed by atoms with Crippen LogP contribution in [0.2, 0.25) is 0 Å². The molecule has 1 aromatic heterocycles. The van der Waals surface area contributed by atoms with Gasteiger partial charge in [-0.05, 0) is 30.5 Å². The van der Waals surface area contributed by atoms with Crippen molar-refractivity contribution < 1.29 is 0 Å². The van der Waals surface area contributed by atoms with E-state index >= 15 is 0 Å². The molecule has 1 aromatic carbocycles. The zero-order chi connectivity index (χ0) is 11.9. The molecule has 0 unspecified atom stereocenters. The average molecular weight is 280 g/mol. The van der Waals surface area contributed by atoms with Gasteiger partial charge in [0.05, 0.1) is 5.52 Å². The number of aromatic amines is 1. The predicted molar refractivity (Wildman–Crippen MR) is 71.1 cm³/mol. The van der Waals surface area contributed by atoms with Crippen LogP contribution in [0, 0.1) is 6.92 Å². The Morgan fingerprint density at radius 1 is 1.31 bits per heavy atom. The van der Waals surface area contributed by atoms with Crippen molar-refractivity contribution in [1.82, 2.24) is 4.98 Å².